The Morgan fingerprint density at radius 3 is 2.94 bits per heavy atom. The van der Waals surface area contributed by atoms with Gasteiger partial charge in [0.05, 0.1) is 12.0 Å². The predicted octanol–water partition coefficient (Wildman–Crippen LogP) is 3.12. The molecule has 0 bridgehead atoms. The number of hydrogen-bond donors (Lipinski definition) is 1. The first kappa shape index (κ1) is 12.6. The molecule has 1 fully saturated rings. The van der Waals surface area contributed by atoms with E-state index in [2.05, 4.69) is 21.2 Å². The fraction of sp³-hybridized carbons (Fsp3) is 0.462. The number of rotatable bonds is 2. The highest BCUT2D eigenvalue weighted by Gasteiger charge is 2.30. The molecule has 0 aliphatic carbocycles. The first-order chi connectivity index (χ1) is 8.08. The monoisotopic (exact) mass is 297 g/mol. The highest BCUT2D eigenvalue weighted by Crippen LogP contribution is 2.25. The summed E-state index contributed by atoms with van der Waals surface area (Å²) in [6.07, 6.45) is 0.822. The van der Waals surface area contributed by atoms with E-state index in [9.17, 15) is 4.79 Å². The van der Waals surface area contributed by atoms with E-state index >= 15 is 0 Å². The first-order valence-electron chi connectivity index (χ1n) is 5.76. The average molecular weight is 298 g/mol. The summed E-state index contributed by atoms with van der Waals surface area (Å²) in [5, 5.41) is 2.97. The number of ether oxygens (including phenoxy) is 1. The van der Waals surface area contributed by atoms with Crippen molar-refractivity contribution in [3.8, 4) is 0 Å². The molecule has 1 N–H and O–H groups in total. The first-order valence-corrected chi connectivity index (χ1v) is 6.56. The lowest BCUT2D eigenvalue weighted by Gasteiger charge is -2.15. The van der Waals surface area contributed by atoms with Gasteiger partial charge < -0.3 is 10.1 Å². The van der Waals surface area contributed by atoms with E-state index in [1.54, 1.807) is 0 Å². The van der Waals surface area contributed by atoms with Crippen LogP contribution in [0.5, 0.6) is 0 Å². The maximum Gasteiger partial charge on any atom is 0.230 e. The molecule has 2 atom stereocenters. The second-order valence-corrected chi connectivity index (χ2v) is 5.34. The van der Waals surface area contributed by atoms with E-state index in [0.29, 0.717) is 6.61 Å². The molecule has 4 heteroatoms. The number of hydrogen-bond acceptors (Lipinski definition) is 2. The summed E-state index contributed by atoms with van der Waals surface area (Å²) < 4.78 is 6.37. The van der Waals surface area contributed by atoms with Crippen LogP contribution in [0.4, 0.5) is 5.69 Å². The Morgan fingerprint density at radius 1 is 1.53 bits per heavy atom. The number of benzene rings is 1. The van der Waals surface area contributed by atoms with Gasteiger partial charge in [0.2, 0.25) is 5.91 Å². The summed E-state index contributed by atoms with van der Waals surface area (Å²) in [6, 6.07) is 5.87. The predicted molar refractivity (Wildman–Crippen MR) is 71.0 cm³/mol. The second-order valence-electron chi connectivity index (χ2n) is 4.42. The zero-order valence-electron chi connectivity index (χ0n) is 10.00. The third kappa shape index (κ3) is 2.87. The van der Waals surface area contributed by atoms with E-state index in [1.165, 1.54) is 0 Å². The molecule has 1 aromatic carbocycles. The minimum atomic E-state index is -0.0339. The number of aryl methyl sites for hydroxylation is 1. The van der Waals surface area contributed by atoms with E-state index < -0.39 is 0 Å². The van der Waals surface area contributed by atoms with Crippen LogP contribution in [0.25, 0.3) is 0 Å². The van der Waals surface area contributed by atoms with Crippen molar-refractivity contribution in [3.05, 3.63) is 28.2 Å². The third-order valence-electron chi connectivity index (χ3n) is 3.17. The number of anilines is 1. The zero-order valence-corrected chi connectivity index (χ0v) is 11.6. The topological polar surface area (TPSA) is 38.3 Å². The molecule has 1 heterocycles. The quantitative estimate of drug-likeness (QED) is 0.911. The molecule has 92 valence electrons. The van der Waals surface area contributed by atoms with Crippen LogP contribution in [-0.4, -0.2) is 18.6 Å². The molecule has 1 aliphatic rings. The van der Waals surface area contributed by atoms with E-state index in [-0.39, 0.29) is 17.9 Å². The molecule has 1 aromatic rings. The lowest BCUT2D eigenvalue weighted by atomic mass is 10.0. The van der Waals surface area contributed by atoms with Gasteiger partial charge in [0.25, 0.3) is 0 Å². The van der Waals surface area contributed by atoms with Gasteiger partial charge in [0.15, 0.2) is 0 Å². The standard InChI is InChI=1S/C13H16BrNO2/c1-8-3-4-10(14)7-12(8)15-13(16)11-5-6-17-9(11)2/h3-4,7,9,11H,5-6H2,1-2H3,(H,15,16). The van der Waals surface area contributed by atoms with Gasteiger partial charge in [-0.25, -0.2) is 0 Å². The van der Waals surface area contributed by atoms with Crippen LogP contribution in [0.2, 0.25) is 0 Å². The molecule has 1 amide bonds. The Morgan fingerprint density at radius 2 is 2.29 bits per heavy atom. The summed E-state index contributed by atoms with van der Waals surface area (Å²) in [5.41, 5.74) is 1.93. The van der Waals surface area contributed by atoms with Gasteiger partial charge in [-0.2, -0.15) is 0 Å². The normalized spacial score (nSPS) is 23.7. The Balaban J connectivity index is 2.10. The van der Waals surface area contributed by atoms with Gasteiger partial charge in [-0.05, 0) is 38.0 Å². The van der Waals surface area contributed by atoms with Crippen molar-refractivity contribution in [1.29, 1.82) is 0 Å². The minimum Gasteiger partial charge on any atom is -0.378 e. The number of amides is 1. The molecule has 3 nitrogen and oxygen atoms in total. The maximum absolute atomic E-state index is 12.1. The number of halogens is 1. The van der Waals surface area contributed by atoms with E-state index in [1.807, 2.05) is 32.0 Å². The highest BCUT2D eigenvalue weighted by atomic mass is 79.9. The summed E-state index contributed by atoms with van der Waals surface area (Å²) in [5.74, 6) is 0.0181. The van der Waals surface area contributed by atoms with E-state index in [4.69, 9.17) is 4.74 Å². The van der Waals surface area contributed by atoms with Crippen LogP contribution in [-0.2, 0) is 9.53 Å². The van der Waals surface area contributed by atoms with Gasteiger partial charge in [-0.1, -0.05) is 22.0 Å². The zero-order chi connectivity index (χ0) is 12.4. The lowest BCUT2D eigenvalue weighted by Crippen LogP contribution is -2.28. The molecule has 0 aromatic heterocycles. The molecular formula is C13H16BrNO2. The van der Waals surface area contributed by atoms with Crippen molar-refractivity contribution < 1.29 is 9.53 Å². The van der Waals surface area contributed by atoms with Crippen LogP contribution < -0.4 is 5.32 Å². The van der Waals surface area contributed by atoms with Crippen molar-refractivity contribution in [2.45, 2.75) is 26.4 Å². The van der Waals surface area contributed by atoms with Crippen LogP contribution in [0.15, 0.2) is 22.7 Å². The van der Waals surface area contributed by atoms with Crippen molar-refractivity contribution >= 4 is 27.5 Å². The van der Waals surface area contributed by atoms with Crippen LogP contribution >= 0.6 is 15.9 Å². The van der Waals surface area contributed by atoms with Gasteiger partial charge in [-0.15, -0.1) is 0 Å². The molecule has 17 heavy (non-hydrogen) atoms. The molecule has 0 spiro atoms. The lowest BCUT2D eigenvalue weighted by molar-refractivity contribution is -0.121. The van der Waals surface area contributed by atoms with Crippen LogP contribution in [0.3, 0.4) is 0 Å². The highest BCUT2D eigenvalue weighted by molar-refractivity contribution is 9.10. The number of nitrogens with one attached hydrogen (secondary N) is 1. The summed E-state index contributed by atoms with van der Waals surface area (Å²) in [7, 11) is 0. The Bertz CT molecular complexity index is 433. The molecule has 0 saturated carbocycles. The summed E-state index contributed by atoms with van der Waals surface area (Å²) >= 11 is 3.41. The Hall–Kier alpha value is -0.870. The molecule has 0 radical (unpaired) electrons. The molecule has 2 rings (SSSR count). The fourth-order valence-corrected chi connectivity index (χ4v) is 2.39. The van der Waals surface area contributed by atoms with Gasteiger partial charge in [0, 0.05) is 16.8 Å². The fourth-order valence-electron chi connectivity index (χ4n) is 2.03. The van der Waals surface area contributed by atoms with Gasteiger partial charge >= 0.3 is 0 Å². The molecular weight excluding hydrogens is 282 g/mol. The summed E-state index contributed by atoms with van der Waals surface area (Å²) in [4.78, 5) is 12.1. The molecule has 2 unspecified atom stereocenters. The van der Waals surface area contributed by atoms with Crippen LogP contribution in [0.1, 0.15) is 18.9 Å². The smallest absolute Gasteiger partial charge is 0.230 e. The number of carbonyl (C=O) groups excluding carboxylic acids is 1. The Labute approximate surface area is 110 Å². The molecule has 1 aliphatic heterocycles. The van der Waals surface area contributed by atoms with Crippen molar-refractivity contribution in [2.24, 2.45) is 5.92 Å². The summed E-state index contributed by atoms with van der Waals surface area (Å²) in [6.45, 7) is 4.61. The van der Waals surface area contributed by atoms with E-state index in [0.717, 1.165) is 22.1 Å². The SMILES string of the molecule is Cc1ccc(Br)cc1NC(=O)C1CCOC1C. The average Bonchev–Trinajstić information content (AvgIpc) is 2.70. The van der Waals surface area contributed by atoms with Gasteiger partial charge in [0.1, 0.15) is 0 Å². The van der Waals surface area contributed by atoms with Crippen molar-refractivity contribution in [2.75, 3.05) is 11.9 Å². The second kappa shape index (κ2) is 5.19. The largest absolute Gasteiger partial charge is 0.378 e. The Kier molecular flexibility index (Phi) is 3.84. The number of carbonyl (C=O) groups is 1. The van der Waals surface area contributed by atoms with Crippen LogP contribution in [0, 0.1) is 12.8 Å². The van der Waals surface area contributed by atoms with Crippen molar-refractivity contribution in [1.82, 2.24) is 0 Å². The minimum absolute atomic E-state index is 0.0162. The maximum atomic E-state index is 12.1. The third-order valence-corrected chi connectivity index (χ3v) is 3.66. The molecule has 1 saturated heterocycles. The van der Waals surface area contributed by atoms with Gasteiger partial charge in [-0.3, -0.25) is 4.79 Å². The van der Waals surface area contributed by atoms with Crippen molar-refractivity contribution in [3.63, 3.8) is 0 Å².